The van der Waals surface area contributed by atoms with Crippen LogP contribution in [0.2, 0.25) is 5.02 Å². The molecule has 1 amide bonds. The van der Waals surface area contributed by atoms with Gasteiger partial charge in [0, 0.05) is 30.1 Å². The maximum absolute atomic E-state index is 12.7. The third-order valence-corrected chi connectivity index (χ3v) is 6.48. The van der Waals surface area contributed by atoms with Crippen molar-refractivity contribution < 1.29 is 13.2 Å². The Morgan fingerprint density at radius 1 is 1.19 bits per heavy atom. The molecule has 0 aliphatic heterocycles. The molecular weight excluding hydrogens is 404 g/mol. The lowest BCUT2D eigenvalue weighted by molar-refractivity contribution is -0.124. The van der Waals surface area contributed by atoms with Crippen LogP contribution in [0.5, 0.6) is 0 Å². The van der Waals surface area contributed by atoms with Crippen molar-refractivity contribution in [2.45, 2.75) is 11.8 Å². The van der Waals surface area contributed by atoms with Gasteiger partial charge in [-0.25, -0.2) is 8.42 Å². The second-order valence-electron chi connectivity index (χ2n) is 6.07. The number of hydrogen-bond acceptors (Lipinski definition) is 4. The topological polar surface area (TPSA) is 66.5 Å². The molecule has 2 rings (SSSR count). The number of rotatable bonds is 9. The van der Waals surface area contributed by atoms with Gasteiger partial charge in [-0.3, -0.25) is 4.79 Å². The zero-order valence-corrected chi connectivity index (χ0v) is 17.7. The van der Waals surface area contributed by atoms with Crippen LogP contribution in [-0.4, -0.2) is 44.2 Å². The fourth-order valence-corrected chi connectivity index (χ4v) is 4.13. The predicted octanol–water partition coefficient (Wildman–Crippen LogP) is 3.32. The van der Waals surface area contributed by atoms with E-state index in [0.29, 0.717) is 22.9 Å². The van der Waals surface area contributed by atoms with Gasteiger partial charge in [0.25, 0.3) is 0 Å². The van der Waals surface area contributed by atoms with Crippen LogP contribution in [0.25, 0.3) is 0 Å². The number of nitrogens with zero attached hydrogens (tertiary/aromatic N) is 1. The van der Waals surface area contributed by atoms with Crippen LogP contribution in [0, 0.1) is 0 Å². The zero-order valence-electron chi connectivity index (χ0n) is 15.3. The average Bonchev–Trinajstić information content (AvgIpc) is 2.62. The van der Waals surface area contributed by atoms with Crippen LogP contribution >= 0.6 is 23.4 Å². The van der Waals surface area contributed by atoms with Crippen molar-refractivity contribution >= 4 is 39.3 Å². The number of thioether (sulfide) groups is 1. The molecule has 0 radical (unpaired) electrons. The van der Waals surface area contributed by atoms with E-state index in [1.807, 2.05) is 30.3 Å². The van der Waals surface area contributed by atoms with Crippen molar-refractivity contribution in [1.82, 2.24) is 9.62 Å². The number of likely N-dealkylation sites (N-methyl/N-ethyl adjacent to an activating group) is 1. The van der Waals surface area contributed by atoms with Gasteiger partial charge in [-0.2, -0.15) is 16.1 Å². The molecule has 0 saturated carbocycles. The first-order valence-electron chi connectivity index (χ1n) is 8.37. The quantitative estimate of drug-likeness (QED) is 0.624. The van der Waals surface area contributed by atoms with Crippen molar-refractivity contribution in [1.29, 1.82) is 0 Å². The Kier molecular flexibility index (Phi) is 8.16. The standard InChI is InChI=1S/C19H23ClN2O3S2/c1-22(27(2,24)25)18(16-8-4-3-5-9-16)19(23)21-11-12-26-14-15-7-6-10-17(20)13-15/h3-10,13,18H,11-12,14H2,1-2H3,(H,21,23)/t18-/m0/s1. The minimum Gasteiger partial charge on any atom is -0.354 e. The van der Waals surface area contributed by atoms with E-state index in [1.165, 1.54) is 7.05 Å². The highest BCUT2D eigenvalue weighted by atomic mass is 35.5. The molecule has 0 heterocycles. The molecule has 0 aliphatic rings. The summed E-state index contributed by atoms with van der Waals surface area (Å²) in [6, 6.07) is 15.7. The smallest absolute Gasteiger partial charge is 0.243 e. The molecule has 1 atom stereocenters. The monoisotopic (exact) mass is 426 g/mol. The second-order valence-corrected chi connectivity index (χ2v) is 9.65. The summed E-state index contributed by atoms with van der Waals surface area (Å²) in [6.45, 7) is 0.449. The van der Waals surface area contributed by atoms with Crippen molar-refractivity contribution in [2.24, 2.45) is 0 Å². The molecule has 0 bridgehead atoms. The van der Waals surface area contributed by atoms with Crippen LogP contribution < -0.4 is 5.32 Å². The zero-order chi connectivity index (χ0) is 19.9. The normalized spacial score (nSPS) is 12.7. The van der Waals surface area contributed by atoms with E-state index in [9.17, 15) is 13.2 Å². The Labute approximate surface area is 170 Å². The van der Waals surface area contributed by atoms with Crippen molar-refractivity contribution in [3.05, 3.63) is 70.7 Å². The predicted molar refractivity (Wildman–Crippen MR) is 112 cm³/mol. The van der Waals surface area contributed by atoms with E-state index < -0.39 is 16.1 Å². The highest BCUT2D eigenvalue weighted by molar-refractivity contribution is 7.98. The van der Waals surface area contributed by atoms with E-state index in [1.54, 1.807) is 36.0 Å². The van der Waals surface area contributed by atoms with Gasteiger partial charge < -0.3 is 5.32 Å². The van der Waals surface area contributed by atoms with Crippen LogP contribution in [-0.2, 0) is 20.6 Å². The molecule has 0 fully saturated rings. The molecule has 0 unspecified atom stereocenters. The van der Waals surface area contributed by atoms with E-state index in [4.69, 9.17) is 11.6 Å². The number of carbonyl (C=O) groups is 1. The largest absolute Gasteiger partial charge is 0.354 e. The maximum atomic E-state index is 12.7. The summed E-state index contributed by atoms with van der Waals surface area (Å²) >= 11 is 7.64. The molecule has 2 aromatic carbocycles. The van der Waals surface area contributed by atoms with E-state index >= 15 is 0 Å². The number of nitrogens with one attached hydrogen (secondary N) is 1. The number of sulfonamides is 1. The lowest BCUT2D eigenvalue weighted by atomic mass is 10.1. The molecular formula is C19H23ClN2O3S2. The SMILES string of the molecule is CN([C@H](C(=O)NCCSCc1cccc(Cl)c1)c1ccccc1)S(C)(=O)=O. The summed E-state index contributed by atoms with van der Waals surface area (Å²) < 4.78 is 25.0. The maximum Gasteiger partial charge on any atom is 0.243 e. The minimum absolute atomic E-state index is 0.336. The van der Waals surface area contributed by atoms with Gasteiger partial charge in [-0.05, 0) is 23.3 Å². The van der Waals surface area contributed by atoms with Gasteiger partial charge in [0.2, 0.25) is 15.9 Å². The molecule has 8 heteroatoms. The van der Waals surface area contributed by atoms with Crippen molar-refractivity contribution in [2.75, 3.05) is 25.6 Å². The molecule has 0 aliphatic carbocycles. The Hall–Kier alpha value is -1.54. The fraction of sp³-hybridized carbons (Fsp3) is 0.316. The molecule has 0 aromatic heterocycles. The summed E-state index contributed by atoms with van der Waals surface area (Å²) in [7, 11) is -2.10. The highest BCUT2D eigenvalue weighted by Crippen LogP contribution is 2.22. The molecule has 1 N–H and O–H groups in total. The Bertz CT molecular complexity index is 860. The Morgan fingerprint density at radius 2 is 1.89 bits per heavy atom. The number of amides is 1. The summed E-state index contributed by atoms with van der Waals surface area (Å²) in [5.41, 5.74) is 1.76. The first-order chi connectivity index (χ1) is 12.8. The Balaban J connectivity index is 1.92. The van der Waals surface area contributed by atoms with E-state index in [-0.39, 0.29) is 5.91 Å². The van der Waals surface area contributed by atoms with Crippen LogP contribution in [0.3, 0.4) is 0 Å². The van der Waals surface area contributed by atoms with Gasteiger partial charge in [-0.1, -0.05) is 54.1 Å². The van der Waals surface area contributed by atoms with Crippen molar-refractivity contribution in [3.8, 4) is 0 Å². The average molecular weight is 427 g/mol. The molecule has 0 saturated heterocycles. The lowest BCUT2D eigenvalue weighted by Crippen LogP contribution is -2.41. The van der Waals surface area contributed by atoms with E-state index in [0.717, 1.165) is 21.9 Å². The lowest BCUT2D eigenvalue weighted by Gasteiger charge is -2.25. The van der Waals surface area contributed by atoms with Gasteiger partial charge in [-0.15, -0.1) is 0 Å². The molecule has 5 nitrogen and oxygen atoms in total. The van der Waals surface area contributed by atoms with Crippen LogP contribution in [0.15, 0.2) is 54.6 Å². The first kappa shape index (κ1) is 21.8. The molecule has 146 valence electrons. The van der Waals surface area contributed by atoms with Crippen LogP contribution in [0.1, 0.15) is 17.2 Å². The van der Waals surface area contributed by atoms with E-state index in [2.05, 4.69) is 5.32 Å². The fourth-order valence-electron chi connectivity index (χ4n) is 2.51. The first-order valence-corrected chi connectivity index (χ1v) is 11.7. The number of halogens is 1. The summed E-state index contributed by atoms with van der Waals surface area (Å²) in [4.78, 5) is 12.7. The number of carbonyl (C=O) groups excluding carboxylic acids is 1. The molecule has 2 aromatic rings. The van der Waals surface area contributed by atoms with Gasteiger partial charge >= 0.3 is 0 Å². The van der Waals surface area contributed by atoms with Gasteiger partial charge in [0.15, 0.2) is 0 Å². The summed E-state index contributed by atoms with van der Waals surface area (Å²) in [6.07, 6.45) is 1.09. The third kappa shape index (κ3) is 6.84. The molecule has 27 heavy (non-hydrogen) atoms. The summed E-state index contributed by atoms with van der Waals surface area (Å²) in [5.74, 6) is 1.17. The Morgan fingerprint density at radius 3 is 2.52 bits per heavy atom. The minimum atomic E-state index is -3.52. The van der Waals surface area contributed by atoms with Crippen molar-refractivity contribution in [3.63, 3.8) is 0 Å². The van der Waals surface area contributed by atoms with Gasteiger partial charge in [0.1, 0.15) is 6.04 Å². The summed E-state index contributed by atoms with van der Waals surface area (Å²) in [5, 5.41) is 3.54. The highest BCUT2D eigenvalue weighted by Gasteiger charge is 2.30. The molecule has 0 spiro atoms. The number of hydrogen-bond donors (Lipinski definition) is 1. The second kappa shape index (κ2) is 10.1. The number of benzene rings is 2. The van der Waals surface area contributed by atoms with Gasteiger partial charge in [0.05, 0.1) is 6.26 Å². The van der Waals surface area contributed by atoms with Crippen LogP contribution in [0.4, 0.5) is 0 Å². The third-order valence-electron chi connectivity index (χ3n) is 3.95.